The zero-order valence-electron chi connectivity index (χ0n) is 11.9. The standard InChI is InChI=1S/C17H22O2/c1-13-3-5-14(6-4-13)16-7-10-17(11-8-16,12-9-16)15(18)19-2/h3-6H,7-12H2,1-2H3. The predicted octanol–water partition coefficient (Wildman–Crippen LogP) is 3.76. The van der Waals surface area contributed by atoms with Gasteiger partial charge in [-0.05, 0) is 56.4 Å². The van der Waals surface area contributed by atoms with Gasteiger partial charge in [-0.3, -0.25) is 4.79 Å². The van der Waals surface area contributed by atoms with Gasteiger partial charge in [-0.2, -0.15) is 0 Å². The summed E-state index contributed by atoms with van der Waals surface area (Å²) in [5.74, 6) is 0.0182. The average Bonchev–Trinajstić information content (AvgIpc) is 2.49. The second-order valence-corrected chi connectivity index (χ2v) is 6.42. The Hall–Kier alpha value is -1.31. The highest BCUT2D eigenvalue weighted by Crippen LogP contribution is 2.58. The SMILES string of the molecule is COC(=O)C12CCC(c3ccc(C)cc3)(CC1)CC2. The van der Waals surface area contributed by atoms with Gasteiger partial charge in [0.1, 0.15) is 0 Å². The summed E-state index contributed by atoms with van der Waals surface area (Å²) in [7, 11) is 1.52. The minimum atomic E-state index is -0.165. The molecular weight excluding hydrogens is 236 g/mol. The molecule has 2 nitrogen and oxygen atoms in total. The van der Waals surface area contributed by atoms with Crippen molar-refractivity contribution in [3.63, 3.8) is 0 Å². The molecule has 102 valence electrons. The fourth-order valence-corrected chi connectivity index (χ4v) is 4.05. The monoisotopic (exact) mass is 258 g/mol. The molecule has 3 aliphatic carbocycles. The second kappa shape index (κ2) is 4.36. The third-order valence-corrected chi connectivity index (χ3v) is 5.53. The predicted molar refractivity (Wildman–Crippen MR) is 75.0 cm³/mol. The first-order valence-corrected chi connectivity index (χ1v) is 7.26. The molecule has 3 aliphatic rings. The minimum Gasteiger partial charge on any atom is -0.469 e. The molecule has 2 bridgehead atoms. The lowest BCUT2D eigenvalue weighted by molar-refractivity contribution is -0.160. The van der Waals surface area contributed by atoms with E-state index < -0.39 is 0 Å². The number of hydrogen-bond donors (Lipinski definition) is 0. The summed E-state index contributed by atoms with van der Waals surface area (Å²) in [5, 5.41) is 0. The van der Waals surface area contributed by atoms with Crippen LogP contribution in [0.1, 0.15) is 49.7 Å². The summed E-state index contributed by atoms with van der Waals surface area (Å²) in [6.07, 6.45) is 6.37. The lowest BCUT2D eigenvalue weighted by atomic mass is 9.52. The van der Waals surface area contributed by atoms with Crippen LogP contribution in [-0.4, -0.2) is 13.1 Å². The van der Waals surface area contributed by atoms with E-state index in [9.17, 15) is 4.79 Å². The lowest BCUT2D eigenvalue weighted by Gasteiger charge is -2.52. The highest BCUT2D eigenvalue weighted by molar-refractivity contribution is 5.77. The Labute approximate surface area is 115 Å². The maximum absolute atomic E-state index is 12.0. The van der Waals surface area contributed by atoms with E-state index in [0.29, 0.717) is 5.41 Å². The number of methoxy groups -OCH3 is 1. The minimum absolute atomic E-state index is 0.0182. The Morgan fingerprint density at radius 3 is 2.00 bits per heavy atom. The van der Waals surface area contributed by atoms with E-state index in [0.717, 1.165) is 38.5 Å². The number of carbonyl (C=O) groups is 1. The quantitative estimate of drug-likeness (QED) is 0.755. The van der Waals surface area contributed by atoms with Gasteiger partial charge in [-0.1, -0.05) is 29.8 Å². The van der Waals surface area contributed by atoms with Crippen LogP contribution < -0.4 is 0 Å². The molecule has 1 aromatic carbocycles. The number of rotatable bonds is 2. The number of hydrogen-bond acceptors (Lipinski definition) is 2. The van der Waals surface area contributed by atoms with Gasteiger partial charge in [0.2, 0.25) is 0 Å². The number of carbonyl (C=O) groups excluding carboxylic acids is 1. The molecule has 0 spiro atoms. The average molecular weight is 258 g/mol. The van der Waals surface area contributed by atoms with Crippen molar-refractivity contribution in [2.24, 2.45) is 5.41 Å². The molecular formula is C17H22O2. The first-order chi connectivity index (χ1) is 9.10. The van der Waals surface area contributed by atoms with Crippen molar-refractivity contribution < 1.29 is 9.53 Å². The Morgan fingerprint density at radius 2 is 1.53 bits per heavy atom. The number of ether oxygens (including phenoxy) is 1. The molecule has 19 heavy (non-hydrogen) atoms. The molecule has 0 unspecified atom stereocenters. The van der Waals surface area contributed by atoms with Crippen molar-refractivity contribution in [3.05, 3.63) is 35.4 Å². The van der Waals surface area contributed by atoms with E-state index in [1.165, 1.54) is 18.2 Å². The van der Waals surface area contributed by atoms with E-state index in [-0.39, 0.29) is 11.4 Å². The highest BCUT2D eigenvalue weighted by atomic mass is 16.5. The van der Waals surface area contributed by atoms with Crippen LogP contribution in [0.3, 0.4) is 0 Å². The Bertz CT molecular complexity index is 462. The van der Waals surface area contributed by atoms with E-state index in [1.807, 2.05) is 0 Å². The molecule has 3 saturated carbocycles. The zero-order chi connectivity index (χ0) is 13.5. The van der Waals surface area contributed by atoms with Crippen LogP contribution >= 0.6 is 0 Å². The number of benzene rings is 1. The highest BCUT2D eigenvalue weighted by Gasteiger charge is 2.53. The van der Waals surface area contributed by atoms with E-state index in [4.69, 9.17) is 4.74 Å². The Morgan fingerprint density at radius 1 is 1.00 bits per heavy atom. The summed E-state index contributed by atoms with van der Waals surface area (Å²) in [4.78, 5) is 12.0. The molecule has 2 heteroatoms. The molecule has 0 N–H and O–H groups in total. The maximum Gasteiger partial charge on any atom is 0.311 e. The van der Waals surface area contributed by atoms with Gasteiger partial charge >= 0.3 is 5.97 Å². The third-order valence-electron chi connectivity index (χ3n) is 5.53. The van der Waals surface area contributed by atoms with Crippen molar-refractivity contribution in [2.45, 2.75) is 50.9 Å². The van der Waals surface area contributed by atoms with Gasteiger partial charge < -0.3 is 4.74 Å². The van der Waals surface area contributed by atoms with Crippen molar-refractivity contribution in [1.29, 1.82) is 0 Å². The molecule has 0 saturated heterocycles. The summed E-state index contributed by atoms with van der Waals surface area (Å²) < 4.78 is 5.02. The van der Waals surface area contributed by atoms with Crippen molar-refractivity contribution in [1.82, 2.24) is 0 Å². The number of esters is 1. The smallest absolute Gasteiger partial charge is 0.311 e. The van der Waals surface area contributed by atoms with Crippen LogP contribution in [0.15, 0.2) is 24.3 Å². The van der Waals surface area contributed by atoms with E-state index >= 15 is 0 Å². The topological polar surface area (TPSA) is 26.3 Å². The Kier molecular flexibility index (Phi) is 2.92. The van der Waals surface area contributed by atoms with Gasteiger partial charge in [0.15, 0.2) is 0 Å². The van der Waals surface area contributed by atoms with Crippen LogP contribution in [-0.2, 0) is 14.9 Å². The molecule has 0 amide bonds. The molecule has 0 heterocycles. The van der Waals surface area contributed by atoms with Gasteiger partial charge in [0.05, 0.1) is 12.5 Å². The van der Waals surface area contributed by atoms with Gasteiger partial charge in [-0.15, -0.1) is 0 Å². The Balaban J connectivity index is 1.85. The largest absolute Gasteiger partial charge is 0.469 e. The first kappa shape index (κ1) is 12.7. The van der Waals surface area contributed by atoms with Gasteiger partial charge in [-0.25, -0.2) is 0 Å². The molecule has 0 aromatic heterocycles. The second-order valence-electron chi connectivity index (χ2n) is 6.42. The first-order valence-electron chi connectivity index (χ1n) is 7.26. The fraction of sp³-hybridized carbons (Fsp3) is 0.588. The van der Waals surface area contributed by atoms with E-state index in [2.05, 4.69) is 31.2 Å². The molecule has 4 rings (SSSR count). The van der Waals surface area contributed by atoms with Crippen molar-refractivity contribution >= 4 is 5.97 Å². The molecule has 0 atom stereocenters. The van der Waals surface area contributed by atoms with Crippen LogP contribution in [0.2, 0.25) is 0 Å². The fourth-order valence-electron chi connectivity index (χ4n) is 4.05. The van der Waals surface area contributed by atoms with E-state index in [1.54, 1.807) is 0 Å². The summed E-state index contributed by atoms with van der Waals surface area (Å²) in [6.45, 7) is 2.13. The van der Waals surface area contributed by atoms with Gasteiger partial charge in [0, 0.05) is 0 Å². The number of fused-ring (bicyclic) bond motifs is 3. The molecule has 0 radical (unpaired) electrons. The van der Waals surface area contributed by atoms with Crippen LogP contribution in [0.25, 0.3) is 0 Å². The third kappa shape index (κ3) is 1.89. The summed E-state index contributed by atoms with van der Waals surface area (Å²) in [5.41, 5.74) is 2.94. The van der Waals surface area contributed by atoms with Crippen LogP contribution in [0.4, 0.5) is 0 Å². The maximum atomic E-state index is 12.0. The normalized spacial score (nSPS) is 33.2. The summed E-state index contributed by atoms with van der Waals surface area (Å²) >= 11 is 0. The number of aryl methyl sites for hydroxylation is 1. The van der Waals surface area contributed by atoms with Crippen LogP contribution in [0.5, 0.6) is 0 Å². The lowest BCUT2D eigenvalue weighted by Crippen LogP contribution is -2.48. The zero-order valence-corrected chi connectivity index (χ0v) is 11.9. The van der Waals surface area contributed by atoms with Crippen molar-refractivity contribution in [3.8, 4) is 0 Å². The summed E-state index contributed by atoms with van der Waals surface area (Å²) in [6, 6.07) is 8.99. The van der Waals surface area contributed by atoms with Gasteiger partial charge in [0.25, 0.3) is 0 Å². The molecule has 1 aromatic rings. The molecule has 3 fully saturated rings. The molecule has 0 aliphatic heterocycles. The van der Waals surface area contributed by atoms with Crippen LogP contribution in [0, 0.1) is 12.3 Å². The van der Waals surface area contributed by atoms with Crippen molar-refractivity contribution in [2.75, 3.05) is 7.11 Å².